The molecule has 0 N–H and O–H groups in total. The van der Waals surface area contributed by atoms with Gasteiger partial charge in [0.1, 0.15) is 0 Å². The lowest BCUT2D eigenvalue weighted by Crippen LogP contribution is -2.61. The van der Waals surface area contributed by atoms with E-state index >= 15 is 0 Å². The van der Waals surface area contributed by atoms with Crippen molar-refractivity contribution in [2.45, 2.75) is 78.6 Å². The molecule has 2 aliphatic rings. The maximum Gasteiger partial charge on any atom is 0.252 e. The average molecular weight is 1520 g/mol. The van der Waals surface area contributed by atoms with Crippen LogP contribution >= 0.6 is 0 Å². The topological polar surface area (TPSA) is 11.4 Å². The van der Waals surface area contributed by atoms with E-state index in [0.29, 0.717) is 11.3 Å². The third-order valence-corrected chi connectivity index (χ3v) is 24.0. The Morgan fingerprint density at radius 2 is 0.602 bits per heavy atom. The summed E-state index contributed by atoms with van der Waals surface area (Å²) in [6.07, 6.45) is 0. The first-order valence-electron chi connectivity index (χ1n) is 44.6. The van der Waals surface area contributed by atoms with E-state index in [2.05, 4.69) is 394 Å². The van der Waals surface area contributed by atoms with Gasteiger partial charge in [0.05, 0.1) is 32.0 Å². The molecule has 118 heavy (non-hydrogen) atoms. The molecule has 2 aliphatic heterocycles. The molecule has 1 aromatic heterocycles. The highest BCUT2D eigenvalue weighted by molar-refractivity contribution is 7.00. The van der Waals surface area contributed by atoms with Crippen LogP contribution in [0.1, 0.15) is 88.6 Å². The molecule has 0 atom stereocenters. The Morgan fingerprint density at radius 3 is 1.06 bits per heavy atom. The number of rotatable bonds is 13. The van der Waals surface area contributed by atoms with Crippen molar-refractivity contribution in [3.63, 3.8) is 0 Å². The molecule has 17 aromatic carbocycles. The fourth-order valence-corrected chi connectivity index (χ4v) is 17.9. The average Bonchev–Trinajstić information content (AvgIpc) is 1.54. The highest BCUT2D eigenvalue weighted by Gasteiger charge is 2.47. The Kier molecular flexibility index (Phi) is 16.2. The predicted octanol–water partition coefficient (Wildman–Crippen LogP) is 29.4. The second-order valence-corrected chi connectivity index (χ2v) is 34.7. The van der Waals surface area contributed by atoms with Gasteiger partial charge in [0.25, 0.3) is 6.71 Å². The van der Waals surface area contributed by atoms with Crippen LogP contribution < -0.4 is 26.2 Å². The van der Waals surface area contributed by atoms with Gasteiger partial charge in [0.15, 0.2) is 0 Å². The maximum atomic E-state index is 10.5. The zero-order valence-electron chi connectivity index (χ0n) is 74.9. The van der Waals surface area contributed by atoms with Crippen molar-refractivity contribution in [3.8, 4) is 117 Å². The molecule has 0 saturated carbocycles. The van der Waals surface area contributed by atoms with Crippen LogP contribution in [0, 0.1) is 0 Å². The normalized spacial score (nSPS) is 13.4. The van der Waals surface area contributed by atoms with Crippen LogP contribution in [0.5, 0.6) is 0 Å². The number of fused-ring (bicyclic) bond motifs is 7. The monoisotopic (exact) mass is 1520 g/mol. The van der Waals surface area contributed by atoms with Crippen LogP contribution in [0.2, 0.25) is 0 Å². The van der Waals surface area contributed by atoms with Crippen LogP contribution in [0.4, 0.5) is 34.1 Å². The summed E-state index contributed by atoms with van der Waals surface area (Å²) in [5.41, 5.74) is 31.0. The number of benzene rings is 17. The number of para-hydroxylation sites is 1. The van der Waals surface area contributed by atoms with Gasteiger partial charge in [-0.3, -0.25) is 0 Å². The van der Waals surface area contributed by atoms with Gasteiger partial charge in [0.2, 0.25) is 0 Å². The van der Waals surface area contributed by atoms with E-state index in [9.17, 15) is 9.60 Å². The molecule has 0 radical (unpaired) electrons. The van der Waals surface area contributed by atoms with Gasteiger partial charge in [-0.1, -0.05) is 353 Å². The van der Waals surface area contributed by atoms with Gasteiger partial charge >= 0.3 is 0 Å². The van der Waals surface area contributed by atoms with Crippen molar-refractivity contribution in [3.05, 3.63) is 411 Å². The molecule has 0 spiro atoms. The van der Waals surface area contributed by atoms with Crippen molar-refractivity contribution in [1.82, 2.24) is 4.57 Å². The van der Waals surface area contributed by atoms with Crippen LogP contribution in [0.15, 0.2) is 394 Å². The van der Waals surface area contributed by atoms with Crippen molar-refractivity contribution >= 4 is 79.0 Å². The van der Waals surface area contributed by atoms with Crippen molar-refractivity contribution < 1.29 is 9.60 Å². The summed E-state index contributed by atoms with van der Waals surface area (Å²) in [6, 6.07) is 125. The largest absolute Gasteiger partial charge is 0.310 e. The number of hydrogen-bond donors (Lipinski definition) is 0. The number of anilines is 6. The molecule has 20 rings (SSSR count). The first-order chi connectivity index (χ1) is 60.3. The van der Waals surface area contributed by atoms with Gasteiger partial charge in [-0.05, 0) is 241 Å². The molecule has 0 bridgehead atoms. The first kappa shape index (κ1) is 65.5. The molecule has 0 amide bonds. The maximum absolute atomic E-state index is 10.5. The summed E-state index contributed by atoms with van der Waals surface area (Å²) in [6.45, 7) is 20.2. The number of hydrogen-bond acceptors (Lipinski definition) is 2. The standard InChI is InChI=1S/C114H92BN3/c1-112(2,3)91-68-96(80-45-27-15-28-46-80)110(97(69-91)81-47-29-16-30-48-81)117-105-60-56-85(90-64-88(78-41-23-13-24-42-78)63-89(65-90)79-43-25-14-26-44-79)67-102(105)115-101-58-57-94(116-103-54-32-31-53-95(103)100-66-84(55-59-104(100)116)77-39-21-12-22-40-77)74-106(101)118(108-73-93(114(7,8)9)72-107(117)109(108)115)111-98(86-51-33-49-82(61-86)75-35-17-10-18-36-75)70-92(113(4,5)6)71-99(111)87-52-34-50-83(62-87)76-37-19-11-20-38-76/h10-74H,1-9H3/i31D,32D,53D,54D,55D,59D,66D. The van der Waals surface area contributed by atoms with Gasteiger partial charge in [0, 0.05) is 61.5 Å². The van der Waals surface area contributed by atoms with Crippen molar-refractivity contribution in [2.24, 2.45) is 0 Å². The summed E-state index contributed by atoms with van der Waals surface area (Å²) < 4.78 is 72.1. The van der Waals surface area contributed by atoms with E-state index in [1.165, 1.54) is 5.56 Å². The summed E-state index contributed by atoms with van der Waals surface area (Å²) in [5.74, 6) is 0. The van der Waals surface area contributed by atoms with Crippen LogP contribution in [0.3, 0.4) is 0 Å². The minimum absolute atomic E-state index is 0.0980. The van der Waals surface area contributed by atoms with Crippen LogP contribution in [0.25, 0.3) is 139 Å². The van der Waals surface area contributed by atoms with Crippen molar-refractivity contribution in [2.75, 3.05) is 9.80 Å². The molecule has 566 valence electrons. The molecular formula is C114H92BN3. The van der Waals surface area contributed by atoms with E-state index < -0.39 is 29.6 Å². The highest BCUT2D eigenvalue weighted by atomic mass is 15.2. The minimum atomic E-state index is -0.556. The molecule has 0 unspecified atom stereocenters. The molecule has 3 heterocycles. The zero-order valence-corrected chi connectivity index (χ0v) is 67.9. The third-order valence-electron chi connectivity index (χ3n) is 24.0. The van der Waals surface area contributed by atoms with E-state index in [-0.39, 0.29) is 63.0 Å². The molecule has 0 aliphatic carbocycles. The Bertz CT molecular complexity index is 7120. The Labute approximate surface area is 705 Å². The molecule has 3 nitrogen and oxygen atoms in total. The minimum Gasteiger partial charge on any atom is -0.310 e. The molecular weight excluding hydrogens is 1420 g/mol. The van der Waals surface area contributed by atoms with E-state index in [1.54, 1.807) is 4.57 Å². The number of aromatic nitrogens is 1. The van der Waals surface area contributed by atoms with E-state index in [0.717, 1.165) is 162 Å². The smallest absolute Gasteiger partial charge is 0.252 e. The Morgan fingerprint density at radius 1 is 0.246 bits per heavy atom. The molecule has 0 saturated heterocycles. The quantitative estimate of drug-likeness (QED) is 0.107. The van der Waals surface area contributed by atoms with Gasteiger partial charge < -0.3 is 14.4 Å². The molecule has 4 heteroatoms. The second-order valence-electron chi connectivity index (χ2n) is 34.7. The second kappa shape index (κ2) is 29.2. The predicted molar refractivity (Wildman–Crippen MR) is 505 cm³/mol. The van der Waals surface area contributed by atoms with Gasteiger partial charge in [-0.15, -0.1) is 0 Å². The summed E-state index contributed by atoms with van der Waals surface area (Å²) in [7, 11) is 0. The lowest BCUT2D eigenvalue weighted by Gasteiger charge is -2.47. The summed E-state index contributed by atoms with van der Waals surface area (Å²) >= 11 is 0. The lowest BCUT2D eigenvalue weighted by atomic mass is 9.33. The fourth-order valence-electron chi connectivity index (χ4n) is 17.9. The van der Waals surface area contributed by atoms with Crippen molar-refractivity contribution in [1.29, 1.82) is 0 Å². The van der Waals surface area contributed by atoms with Gasteiger partial charge in [-0.2, -0.15) is 0 Å². The highest BCUT2D eigenvalue weighted by Crippen LogP contribution is 2.56. The number of nitrogens with zero attached hydrogens (tertiary/aromatic N) is 3. The van der Waals surface area contributed by atoms with Crippen LogP contribution in [-0.4, -0.2) is 11.3 Å². The lowest BCUT2D eigenvalue weighted by molar-refractivity contribution is 0.590. The fraction of sp³-hybridized carbons (Fsp3) is 0.105. The zero-order chi connectivity index (χ0) is 86.2. The van der Waals surface area contributed by atoms with Crippen LogP contribution in [-0.2, 0) is 16.2 Å². The summed E-state index contributed by atoms with van der Waals surface area (Å²) in [5, 5.41) is 0.256. The van der Waals surface area contributed by atoms with Gasteiger partial charge in [-0.25, -0.2) is 0 Å². The Hall–Kier alpha value is -13.8. The SMILES string of the molecule is [2H]c1c([2H])c([2H])c2c(c1[2H])c1c([2H])c(-c3ccccc3)c([2H])c([2H])c1n2-c1ccc2c(c1)N(c1c(-c3cccc(-c4ccccc4)c3)cc(C(C)(C)C)cc1-c1cccc(-c3ccccc3)c1)c1cc(C(C)(C)C)cc3c1B2c1cc(-c2cc(-c4ccccc4)cc(-c4ccccc4)c2)ccc1N3c1c(-c2ccccc2)cc(C(C)(C)C)cc1-c1ccccc1. The Balaban J connectivity index is 0.994. The first-order valence-corrected chi connectivity index (χ1v) is 41.1. The van der Waals surface area contributed by atoms with E-state index in [1.807, 2.05) is 30.3 Å². The van der Waals surface area contributed by atoms with E-state index in [4.69, 9.17) is 0 Å². The third kappa shape index (κ3) is 13.1. The molecule has 18 aromatic rings. The molecule has 0 fully saturated rings. The summed E-state index contributed by atoms with van der Waals surface area (Å²) in [4.78, 5) is 5.16.